The summed E-state index contributed by atoms with van der Waals surface area (Å²) >= 11 is 0. The first-order chi connectivity index (χ1) is 4.06. The third-order valence-corrected chi connectivity index (χ3v) is 0.684. The quantitative estimate of drug-likeness (QED) is 0.527. The van der Waals surface area contributed by atoms with Crippen molar-refractivity contribution in [2.75, 3.05) is 0 Å². The zero-order valence-corrected chi connectivity index (χ0v) is 5.97. The highest BCUT2D eigenvalue weighted by Crippen LogP contribution is 2.13. The lowest BCUT2D eigenvalue weighted by Gasteiger charge is -2.09. The predicted octanol–water partition coefficient (Wildman–Crippen LogP) is 1.63. The van der Waals surface area contributed by atoms with Crippen LogP contribution in [0.3, 0.4) is 0 Å². The molecule has 1 radical (unpaired) electrons. The maximum Gasteiger partial charge on any atom is 0.422 e. The molecule has 0 aliphatic carbocycles. The van der Waals surface area contributed by atoms with E-state index in [4.69, 9.17) is 0 Å². The molecule has 0 fully saturated rings. The first-order valence-electron chi connectivity index (χ1n) is 2.77. The molecular weight excluding hydrogens is 116 g/mol. The Hall–Kier alpha value is -0.790. The molecule has 0 aromatic heterocycles. The molecule has 0 atom stereocenters. The van der Waals surface area contributed by atoms with E-state index in [1.54, 1.807) is 6.08 Å². The standard InChI is InChI=1S/C7H11O2/c1-7(2,3)4-5-9-6-8/h4-5H,1-3H3. The minimum absolute atomic E-state index is 0.0663. The number of allylic oxidation sites excluding steroid dienone is 1. The molecule has 0 N–H and O–H groups in total. The van der Waals surface area contributed by atoms with Crippen molar-refractivity contribution < 1.29 is 9.53 Å². The van der Waals surface area contributed by atoms with Gasteiger partial charge < -0.3 is 4.74 Å². The summed E-state index contributed by atoms with van der Waals surface area (Å²) in [7, 11) is 0. The minimum Gasteiger partial charge on any atom is -0.426 e. The number of hydrogen-bond donors (Lipinski definition) is 0. The summed E-state index contributed by atoms with van der Waals surface area (Å²) < 4.78 is 4.22. The van der Waals surface area contributed by atoms with Gasteiger partial charge in [0.2, 0.25) is 0 Å². The van der Waals surface area contributed by atoms with Gasteiger partial charge in [0, 0.05) is 0 Å². The Labute approximate surface area is 55.5 Å². The smallest absolute Gasteiger partial charge is 0.422 e. The number of carbonyl (C=O) groups excluding carboxylic acids is 1. The second-order valence-corrected chi connectivity index (χ2v) is 2.87. The second kappa shape index (κ2) is 3.28. The van der Waals surface area contributed by atoms with Crippen molar-refractivity contribution in [3.8, 4) is 0 Å². The van der Waals surface area contributed by atoms with Crippen LogP contribution in [0.25, 0.3) is 0 Å². The molecule has 51 valence electrons. The van der Waals surface area contributed by atoms with Gasteiger partial charge in [-0.05, 0) is 11.5 Å². The van der Waals surface area contributed by atoms with Crippen molar-refractivity contribution in [1.82, 2.24) is 0 Å². The molecule has 0 amide bonds. The lowest BCUT2D eigenvalue weighted by atomic mass is 9.97. The molecule has 0 saturated heterocycles. The first-order valence-corrected chi connectivity index (χ1v) is 2.77. The summed E-state index contributed by atoms with van der Waals surface area (Å²) in [4.78, 5) is 9.49. The Morgan fingerprint density at radius 2 is 2.00 bits per heavy atom. The van der Waals surface area contributed by atoms with E-state index in [1.165, 1.54) is 12.7 Å². The van der Waals surface area contributed by atoms with Crippen molar-refractivity contribution in [2.24, 2.45) is 5.41 Å². The van der Waals surface area contributed by atoms with Gasteiger partial charge >= 0.3 is 6.47 Å². The lowest BCUT2D eigenvalue weighted by molar-refractivity contribution is 0.389. The zero-order chi connectivity index (χ0) is 7.33. The largest absolute Gasteiger partial charge is 0.426 e. The molecule has 0 aromatic carbocycles. The fourth-order valence-electron chi connectivity index (χ4n) is 0.266. The van der Waals surface area contributed by atoms with Gasteiger partial charge in [0.1, 0.15) is 0 Å². The molecule has 2 heteroatoms. The summed E-state index contributed by atoms with van der Waals surface area (Å²) in [6, 6.07) is 0. The number of ether oxygens (including phenoxy) is 1. The third-order valence-electron chi connectivity index (χ3n) is 0.684. The van der Waals surface area contributed by atoms with Crippen LogP contribution >= 0.6 is 0 Å². The monoisotopic (exact) mass is 127 g/mol. The lowest BCUT2D eigenvalue weighted by Crippen LogP contribution is -1.98. The van der Waals surface area contributed by atoms with Crippen molar-refractivity contribution in [3.05, 3.63) is 12.3 Å². The predicted molar refractivity (Wildman–Crippen MR) is 35.4 cm³/mol. The van der Waals surface area contributed by atoms with Gasteiger partial charge in [-0.2, -0.15) is 0 Å². The van der Waals surface area contributed by atoms with Crippen LogP contribution in [0.2, 0.25) is 0 Å². The van der Waals surface area contributed by atoms with Gasteiger partial charge in [-0.1, -0.05) is 20.8 Å². The van der Waals surface area contributed by atoms with Crippen LogP contribution in [0, 0.1) is 5.41 Å². The SMILES string of the molecule is CC(C)(C)C=CO[C]=O. The summed E-state index contributed by atoms with van der Waals surface area (Å²) in [5.41, 5.74) is 0.0663. The van der Waals surface area contributed by atoms with Crippen LogP contribution in [0.5, 0.6) is 0 Å². The minimum atomic E-state index is 0.0663. The van der Waals surface area contributed by atoms with E-state index in [2.05, 4.69) is 4.74 Å². The normalized spacial score (nSPS) is 11.9. The van der Waals surface area contributed by atoms with E-state index in [0.717, 1.165) is 0 Å². The van der Waals surface area contributed by atoms with Gasteiger partial charge in [0.05, 0.1) is 6.26 Å². The number of rotatable bonds is 2. The highest BCUT2D eigenvalue weighted by Gasteiger charge is 2.02. The van der Waals surface area contributed by atoms with Crippen LogP contribution in [0.4, 0.5) is 0 Å². The maximum atomic E-state index is 9.49. The fourth-order valence-corrected chi connectivity index (χ4v) is 0.266. The molecule has 0 aliphatic heterocycles. The Balaban J connectivity index is 3.57. The first kappa shape index (κ1) is 8.21. The van der Waals surface area contributed by atoms with Crippen LogP contribution in [-0.4, -0.2) is 6.47 Å². The van der Waals surface area contributed by atoms with E-state index in [-0.39, 0.29) is 5.41 Å². The van der Waals surface area contributed by atoms with Crippen LogP contribution in [-0.2, 0) is 9.53 Å². The van der Waals surface area contributed by atoms with Crippen LogP contribution in [0.15, 0.2) is 12.3 Å². The summed E-state index contributed by atoms with van der Waals surface area (Å²) in [6.07, 6.45) is 3.13. The van der Waals surface area contributed by atoms with E-state index < -0.39 is 0 Å². The Morgan fingerprint density at radius 3 is 2.33 bits per heavy atom. The Morgan fingerprint density at radius 1 is 1.44 bits per heavy atom. The van der Waals surface area contributed by atoms with Crippen molar-refractivity contribution >= 4 is 6.47 Å². The molecular formula is C7H11O2. The topological polar surface area (TPSA) is 26.3 Å². The number of hydrogen-bond acceptors (Lipinski definition) is 2. The zero-order valence-electron chi connectivity index (χ0n) is 5.97. The van der Waals surface area contributed by atoms with E-state index in [0.29, 0.717) is 0 Å². The summed E-state index contributed by atoms with van der Waals surface area (Å²) in [5, 5.41) is 0. The van der Waals surface area contributed by atoms with Crippen LogP contribution in [0.1, 0.15) is 20.8 Å². The highest BCUT2D eigenvalue weighted by molar-refractivity contribution is 5.39. The third kappa shape index (κ3) is 7.21. The van der Waals surface area contributed by atoms with Crippen molar-refractivity contribution in [1.29, 1.82) is 0 Å². The van der Waals surface area contributed by atoms with E-state index >= 15 is 0 Å². The molecule has 0 aromatic rings. The molecule has 0 rings (SSSR count). The average Bonchev–Trinajstić information content (AvgIpc) is 1.63. The molecule has 2 nitrogen and oxygen atoms in total. The second-order valence-electron chi connectivity index (χ2n) is 2.87. The molecule has 0 heterocycles. The van der Waals surface area contributed by atoms with Gasteiger partial charge in [0.15, 0.2) is 0 Å². The van der Waals surface area contributed by atoms with Crippen molar-refractivity contribution in [3.63, 3.8) is 0 Å². The Kier molecular flexibility index (Phi) is 2.99. The average molecular weight is 127 g/mol. The van der Waals surface area contributed by atoms with Gasteiger partial charge in [-0.3, -0.25) is 0 Å². The van der Waals surface area contributed by atoms with Crippen molar-refractivity contribution in [2.45, 2.75) is 20.8 Å². The molecule has 0 bridgehead atoms. The van der Waals surface area contributed by atoms with E-state index in [9.17, 15) is 4.79 Å². The molecule has 9 heavy (non-hydrogen) atoms. The fraction of sp³-hybridized carbons (Fsp3) is 0.571. The maximum absolute atomic E-state index is 9.49. The van der Waals surface area contributed by atoms with E-state index in [1.807, 2.05) is 20.8 Å². The molecule has 0 aliphatic rings. The summed E-state index contributed by atoms with van der Waals surface area (Å²) in [6.45, 7) is 7.34. The molecule has 0 unspecified atom stereocenters. The van der Waals surface area contributed by atoms with Crippen LogP contribution < -0.4 is 0 Å². The van der Waals surface area contributed by atoms with Gasteiger partial charge in [-0.15, -0.1) is 0 Å². The van der Waals surface area contributed by atoms with Gasteiger partial charge in [-0.25, -0.2) is 4.79 Å². The summed E-state index contributed by atoms with van der Waals surface area (Å²) in [5.74, 6) is 0. The van der Waals surface area contributed by atoms with Gasteiger partial charge in [0.25, 0.3) is 0 Å². The highest BCUT2D eigenvalue weighted by atomic mass is 16.5. The molecule has 0 spiro atoms. The molecule has 0 saturated carbocycles. The Bertz CT molecular complexity index is 109.